The molecule has 0 bridgehead atoms. The first-order valence-electron chi connectivity index (χ1n) is 9.58. The van der Waals surface area contributed by atoms with Crippen LogP contribution in [-0.4, -0.2) is 38.8 Å². The SMILES string of the molecule is COc1ccc(NC(=O)c2cc(S(=O)(=O)N3CCCCCC3)ccc2C)cc1Cl. The van der Waals surface area contributed by atoms with Crippen LogP contribution in [0.3, 0.4) is 0 Å². The maximum Gasteiger partial charge on any atom is 0.255 e. The number of carbonyl (C=O) groups excluding carboxylic acids is 1. The van der Waals surface area contributed by atoms with Crippen LogP contribution in [-0.2, 0) is 10.0 Å². The zero-order chi connectivity index (χ0) is 21.0. The Labute approximate surface area is 176 Å². The molecule has 0 aromatic heterocycles. The van der Waals surface area contributed by atoms with Crippen LogP contribution in [0.1, 0.15) is 41.6 Å². The molecular formula is C21H25ClN2O4S. The molecule has 1 fully saturated rings. The molecule has 3 rings (SSSR count). The summed E-state index contributed by atoms with van der Waals surface area (Å²) in [6.45, 7) is 2.81. The van der Waals surface area contributed by atoms with Crippen LogP contribution >= 0.6 is 11.6 Å². The molecule has 2 aromatic rings. The van der Waals surface area contributed by atoms with Crippen molar-refractivity contribution in [2.75, 3.05) is 25.5 Å². The second-order valence-corrected chi connectivity index (χ2v) is 9.44. The molecule has 8 heteroatoms. The van der Waals surface area contributed by atoms with Gasteiger partial charge in [0.25, 0.3) is 5.91 Å². The number of halogens is 1. The van der Waals surface area contributed by atoms with Crippen LogP contribution in [0.4, 0.5) is 5.69 Å². The molecule has 0 spiro atoms. The van der Waals surface area contributed by atoms with Crippen LogP contribution in [0.2, 0.25) is 5.02 Å². The molecule has 0 aliphatic carbocycles. The van der Waals surface area contributed by atoms with E-state index in [4.69, 9.17) is 16.3 Å². The highest BCUT2D eigenvalue weighted by molar-refractivity contribution is 7.89. The highest BCUT2D eigenvalue weighted by Crippen LogP contribution is 2.28. The van der Waals surface area contributed by atoms with E-state index >= 15 is 0 Å². The third-order valence-electron chi connectivity index (χ3n) is 5.07. The van der Waals surface area contributed by atoms with Crippen LogP contribution in [0, 0.1) is 6.92 Å². The summed E-state index contributed by atoms with van der Waals surface area (Å²) >= 11 is 6.11. The van der Waals surface area contributed by atoms with Crippen molar-refractivity contribution in [3.63, 3.8) is 0 Å². The number of benzene rings is 2. The van der Waals surface area contributed by atoms with E-state index in [-0.39, 0.29) is 4.90 Å². The summed E-state index contributed by atoms with van der Waals surface area (Å²) in [6, 6.07) is 9.61. The van der Waals surface area contributed by atoms with Crippen molar-refractivity contribution in [2.45, 2.75) is 37.5 Å². The molecule has 1 heterocycles. The van der Waals surface area contributed by atoms with Gasteiger partial charge in [-0.2, -0.15) is 4.31 Å². The molecule has 0 saturated carbocycles. The fourth-order valence-electron chi connectivity index (χ4n) is 3.38. The third kappa shape index (κ3) is 4.91. The standard InChI is InChI=1S/C21H25ClN2O4S/c1-15-7-9-17(29(26,27)24-11-5-3-4-6-12-24)14-18(15)21(25)23-16-8-10-20(28-2)19(22)13-16/h7-10,13-14H,3-6,11-12H2,1-2H3,(H,23,25). The van der Waals surface area contributed by atoms with Crippen LogP contribution in [0.25, 0.3) is 0 Å². The van der Waals surface area contributed by atoms with Gasteiger partial charge in [0.05, 0.1) is 17.0 Å². The Morgan fingerprint density at radius 3 is 2.38 bits per heavy atom. The lowest BCUT2D eigenvalue weighted by molar-refractivity contribution is 0.102. The number of aryl methyl sites for hydroxylation is 1. The van der Waals surface area contributed by atoms with E-state index < -0.39 is 15.9 Å². The van der Waals surface area contributed by atoms with Gasteiger partial charge in [-0.1, -0.05) is 30.5 Å². The number of amides is 1. The van der Waals surface area contributed by atoms with Crippen LogP contribution in [0.15, 0.2) is 41.3 Å². The number of ether oxygens (including phenoxy) is 1. The molecule has 1 amide bonds. The summed E-state index contributed by atoms with van der Waals surface area (Å²) in [5.74, 6) is 0.114. The molecule has 29 heavy (non-hydrogen) atoms. The maximum atomic E-state index is 13.1. The van der Waals surface area contributed by atoms with E-state index in [2.05, 4.69) is 5.32 Å². The minimum atomic E-state index is -3.63. The summed E-state index contributed by atoms with van der Waals surface area (Å²) in [5.41, 5.74) is 1.51. The fourth-order valence-corrected chi connectivity index (χ4v) is 5.18. The highest BCUT2D eigenvalue weighted by Gasteiger charge is 2.26. The molecule has 2 aromatic carbocycles. The van der Waals surface area contributed by atoms with E-state index in [1.54, 1.807) is 37.3 Å². The first-order chi connectivity index (χ1) is 13.8. The van der Waals surface area contributed by atoms with Crippen molar-refractivity contribution in [3.05, 3.63) is 52.5 Å². The lowest BCUT2D eigenvalue weighted by Gasteiger charge is -2.20. The number of rotatable bonds is 5. The smallest absolute Gasteiger partial charge is 0.255 e. The average Bonchev–Trinajstić information content (AvgIpc) is 2.98. The van der Waals surface area contributed by atoms with Crippen molar-refractivity contribution in [3.8, 4) is 5.75 Å². The van der Waals surface area contributed by atoms with E-state index in [1.807, 2.05) is 0 Å². The maximum absolute atomic E-state index is 13.1. The van der Waals surface area contributed by atoms with Crippen molar-refractivity contribution < 1.29 is 17.9 Å². The van der Waals surface area contributed by atoms with Crippen LogP contribution < -0.4 is 10.1 Å². The quantitative estimate of drug-likeness (QED) is 0.750. The number of hydrogen-bond acceptors (Lipinski definition) is 4. The second kappa shape index (κ2) is 9.15. The molecule has 1 aliphatic heterocycles. The molecule has 1 aliphatic rings. The van der Waals surface area contributed by atoms with E-state index in [1.165, 1.54) is 17.5 Å². The number of anilines is 1. The van der Waals surface area contributed by atoms with E-state index in [0.29, 0.717) is 40.7 Å². The van der Waals surface area contributed by atoms with Gasteiger partial charge in [-0.15, -0.1) is 0 Å². The number of nitrogens with zero attached hydrogens (tertiary/aromatic N) is 1. The number of carbonyl (C=O) groups is 1. The molecule has 1 N–H and O–H groups in total. The minimum Gasteiger partial charge on any atom is -0.495 e. The minimum absolute atomic E-state index is 0.142. The van der Waals surface area contributed by atoms with Gasteiger partial charge in [0.2, 0.25) is 10.0 Å². The van der Waals surface area contributed by atoms with Crippen molar-refractivity contribution in [2.24, 2.45) is 0 Å². The summed E-state index contributed by atoms with van der Waals surface area (Å²) < 4.78 is 32.8. The van der Waals surface area contributed by atoms with Gasteiger partial charge in [-0.3, -0.25) is 4.79 Å². The molecule has 0 radical (unpaired) electrons. The molecular weight excluding hydrogens is 412 g/mol. The van der Waals surface area contributed by atoms with Gasteiger partial charge in [0, 0.05) is 24.3 Å². The first kappa shape index (κ1) is 21.6. The zero-order valence-electron chi connectivity index (χ0n) is 16.6. The lowest BCUT2D eigenvalue weighted by Crippen LogP contribution is -2.32. The van der Waals surface area contributed by atoms with Gasteiger partial charge in [0.1, 0.15) is 5.75 Å². The van der Waals surface area contributed by atoms with E-state index in [0.717, 1.165) is 25.7 Å². The Balaban J connectivity index is 1.86. The number of sulfonamides is 1. The Kier molecular flexibility index (Phi) is 6.82. The van der Waals surface area contributed by atoms with Crippen molar-refractivity contribution in [1.29, 1.82) is 0 Å². The van der Waals surface area contributed by atoms with Crippen molar-refractivity contribution >= 4 is 33.2 Å². The second-order valence-electron chi connectivity index (χ2n) is 7.10. The molecule has 0 unspecified atom stereocenters. The van der Waals surface area contributed by atoms with Crippen LogP contribution in [0.5, 0.6) is 5.75 Å². The number of nitrogens with one attached hydrogen (secondary N) is 1. The monoisotopic (exact) mass is 436 g/mol. The third-order valence-corrected chi connectivity index (χ3v) is 7.26. The Morgan fingerprint density at radius 2 is 1.76 bits per heavy atom. The number of methoxy groups -OCH3 is 1. The summed E-state index contributed by atoms with van der Waals surface area (Å²) in [6.07, 6.45) is 3.79. The predicted molar refractivity (Wildman–Crippen MR) is 114 cm³/mol. The van der Waals surface area contributed by atoms with Gasteiger partial charge in [-0.05, 0) is 55.7 Å². The lowest BCUT2D eigenvalue weighted by atomic mass is 10.1. The summed E-state index contributed by atoms with van der Waals surface area (Å²) in [5, 5.41) is 3.15. The average molecular weight is 437 g/mol. The zero-order valence-corrected chi connectivity index (χ0v) is 18.1. The normalized spacial score (nSPS) is 15.6. The molecule has 6 nitrogen and oxygen atoms in total. The topological polar surface area (TPSA) is 75.7 Å². The first-order valence-corrected chi connectivity index (χ1v) is 11.4. The Morgan fingerprint density at radius 1 is 1.07 bits per heavy atom. The molecule has 156 valence electrons. The van der Waals surface area contributed by atoms with Gasteiger partial charge in [0.15, 0.2) is 0 Å². The fraction of sp³-hybridized carbons (Fsp3) is 0.381. The highest BCUT2D eigenvalue weighted by atomic mass is 35.5. The van der Waals surface area contributed by atoms with E-state index in [9.17, 15) is 13.2 Å². The summed E-state index contributed by atoms with van der Waals surface area (Å²) in [7, 11) is -2.12. The van der Waals surface area contributed by atoms with Gasteiger partial charge < -0.3 is 10.1 Å². The molecule has 0 atom stereocenters. The Hall–Kier alpha value is -2.09. The summed E-state index contributed by atoms with van der Waals surface area (Å²) in [4.78, 5) is 13.0. The van der Waals surface area contributed by atoms with Gasteiger partial charge in [-0.25, -0.2) is 8.42 Å². The van der Waals surface area contributed by atoms with Crippen molar-refractivity contribution in [1.82, 2.24) is 4.31 Å². The molecule has 1 saturated heterocycles. The number of hydrogen-bond donors (Lipinski definition) is 1. The Bertz CT molecular complexity index is 1000. The largest absolute Gasteiger partial charge is 0.495 e. The predicted octanol–water partition coefficient (Wildman–Crippen LogP) is 4.47. The van der Waals surface area contributed by atoms with Gasteiger partial charge >= 0.3 is 0 Å².